The zero-order valence-corrected chi connectivity index (χ0v) is 20.0. The molecule has 170 valence electrons. The highest BCUT2D eigenvalue weighted by Gasteiger charge is 2.39. The van der Waals surface area contributed by atoms with Crippen molar-refractivity contribution >= 4 is 21.4 Å². The number of benzene rings is 2. The zero-order valence-electron chi connectivity index (χ0n) is 18.3. The van der Waals surface area contributed by atoms with Gasteiger partial charge in [-0.15, -0.1) is 11.3 Å². The topological polar surface area (TPSA) is 74.3 Å². The summed E-state index contributed by atoms with van der Waals surface area (Å²) in [4.78, 5) is 0. The van der Waals surface area contributed by atoms with Crippen LogP contribution in [0.25, 0.3) is 0 Å². The summed E-state index contributed by atoms with van der Waals surface area (Å²) in [7, 11) is 2.56. The van der Waals surface area contributed by atoms with Gasteiger partial charge in [-0.3, -0.25) is 0 Å². The van der Waals surface area contributed by atoms with E-state index >= 15 is 0 Å². The first kappa shape index (κ1) is 22.4. The summed E-state index contributed by atoms with van der Waals surface area (Å²) in [5.74, 6) is 2.28. The maximum absolute atomic E-state index is 13.6. The molecule has 1 aliphatic heterocycles. The molecule has 0 amide bonds. The molecule has 0 bridgehead atoms. The summed E-state index contributed by atoms with van der Waals surface area (Å²) in [5.41, 5.74) is 2.64. The van der Waals surface area contributed by atoms with Crippen LogP contribution in [-0.2, 0) is 16.4 Å². The first-order valence-corrected chi connectivity index (χ1v) is 12.3. The Morgan fingerprint density at radius 1 is 0.875 bits per heavy atom. The van der Waals surface area contributed by atoms with Gasteiger partial charge in [0.1, 0.15) is 4.21 Å². The summed E-state index contributed by atoms with van der Waals surface area (Å²) < 4.78 is 51.0. The molecule has 0 unspecified atom stereocenters. The molecular formula is C23H25NO6S2. The highest BCUT2D eigenvalue weighted by molar-refractivity contribution is 7.91. The van der Waals surface area contributed by atoms with Gasteiger partial charge in [-0.1, -0.05) is 12.1 Å². The van der Waals surface area contributed by atoms with Crippen molar-refractivity contribution in [2.45, 2.75) is 16.7 Å². The lowest BCUT2D eigenvalue weighted by atomic mass is 9.89. The van der Waals surface area contributed by atoms with E-state index in [-0.39, 0.29) is 0 Å². The van der Waals surface area contributed by atoms with E-state index in [1.807, 2.05) is 24.3 Å². The number of rotatable bonds is 7. The maximum Gasteiger partial charge on any atom is 0.253 e. The summed E-state index contributed by atoms with van der Waals surface area (Å²) in [6.45, 7) is 0.335. The first-order chi connectivity index (χ1) is 15.4. The minimum absolute atomic E-state index is 0.312. The summed E-state index contributed by atoms with van der Waals surface area (Å²) in [6, 6.07) is 12.1. The van der Waals surface area contributed by atoms with Crippen molar-refractivity contribution < 1.29 is 27.4 Å². The van der Waals surface area contributed by atoms with E-state index in [0.29, 0.717) is 40.2 Å². The molecule has 2 heterocycles. The monoisotopic (exact) mass is 475 g/mol. The minimum Gasteiger partial charge on any atom is -0.493 e. The third-order valence-corrected chi connectivity index (χ3v) is 8.85. The van der Waals surface area contributed by atoms with Gasteiger partial charge in [0.05, 0.1) is 34.5 Å². The van der Waals surface area contributed by atoms with Crippen LogP contribution in [0.5, 0.6) is 23.0 Å². The average molecular weight is 476 g/mol. The highest BCUT2D eigenvalue weighted by Crippen LogP contribution is 2.45. The number of methoxy groups -OCH3 is 4. The molecule has 9 heteroatoms. The molecule has 0 N–H and O–H groups in total. The molecule has 1 atom stereocenters. The van der Waals surface area contributed by atoms with Crippen LogP contribution in [0.4, 0.5) is 0 Å². The van der Waals surface area contributed by atoms with Crippen molar-refractivity contribution in [2.75, 3.05) is 35.0 Å². The van der Waals surface area contributed by atoms with E-state index in [2.05, 4.69) is 0 Å². The van der Waals surface area contributed by atoms with Gasteiger partial charge in [0, 0.05) is 6.54 Å². The Kier molecular flexibility index (Phi) is 6.32. The van der Waals surface area contributed by atoms with Gasteiger partial charge in [-0.2, -0.15) is 4.31 Å². The largest absolute Gasteiger partial charge is 0.493 e. The Labute approximate surface area is 192 Å². The van der Waals surface area contributed by atoms with E-state index in [1.165, 1.54) is 11.3 Å². The lowest BCUT2D eigenvalue weighted by Gasteiger charge is -2.37. The van der Waals surface area contributed by atoms with Gasteiger partial charge in [0.15, 0.2) is 23.0 Å². The minimum atomic E-state index is -3.72. The molecule has 32 heavy (non-hydrogen) atoms. The van der Waals surface area contributed by atoms with E-state index in [0.717, 1.165) is 16.7 Å². The fraction of sp³-hybridized carbons (Fsp3) is 0.304. The Morgan fingerprint density at radius 3 is 2.16 bits per heavy atom. The van der Waals surface area contributed by atoms with E-state index in [1.54, 1.807) is 56.3 Å². The Balaban J connectivity index is 1.94. The number of sulfonamides is 1. The van der Waals surface area contributed by atoms with Gasteiger partial charge in [0.2, 0.25) is 0 Å². The second kappa shape index (κ2) is 9.01. The van der Waals surface area contributed by atoms with Gasteiger partial charge in [0.25, 0.3) is 10.0 Å². The molecule has 3 aromatic rings. The molecule has 7 nitrogen and oxygen atoms in total. The molecular weight excluding hydrogens is 450 g/mol. The van der Waals surface area contributed by atoms with Crippen molar-refractivity contribution in [2.24, 2.45) is 0 Å². The Hall–Kier alpha value is -2.75. The van der Waals surface area contributed by atoms with Crippen LogP contribution < -0.4 is 18.9 Å². The summed E-state index contributed by atoms with van der Waals surface area (Å²) in [6.07, 6.45) is 0.560. The molecule has 0 spiro atoms. The van der Waals surface area contributed by atoms with Crippen molar-refractivity contribution in [1.29, 1.82) is 0 Å². The fourth-order valence-corrected chi connectivity index (χ4v) is 6.79. The van der Waals surface area contributed by atoms with Crippen LogP contribution in [-0.4, -0.2) is 47.7 Å². The molecule has 2 aromatic carbocycles. The summed E-state index contributed by atoms with van der Waals surface area (Å²) >= 11 is 1.21. The SMILES string of the molecule is COc1ccc([C@H]2c3cc(OC)c(OC)cc3CCN2S(=O)(=O)c2cccs2)cc1OC. The van der Waals surface area contributed by atoms with Crippen molar-refractivity contribution in [3.05, 3.63) is 64.5 Å². The predicted molar refractivity (Wildman–Crippen MR) is 123 cm³/mol. The molecule has 1 aromatic heterocycles. The molecule has 0 saturated heterocycles. The Morgan fingerprint density at radius 2 is 1.53 bits per heavy atom. The summed E-state index contributed by atoms with van der Waals surface area (Å²) in [5, 5.41) is 1.77. The van der Waals surface area contributed by atoms with Crippen molar-refractivity contribution in [3.63, 3.8) is 0 Å². The molecule has 0 aliphatic carbocycles. The van der Waals surface area contributed by atoms with Gasteiger partial charge in [-0.25, -0.2) is 8.42 Å². The van der Waals surface area contributed by atoms with Gasteiger partial charge >= 0.3 is 0 Å². The van der Waals surface area contributed by atoms with Crippen LogP contribution in [0.1, 0.15) is 22.7 Å². The van der Waals surface area contributed by atoms with E-state index in [4.69, 9.17) is 18.9 Å². The van der Waals surface area contributed by atoms with Gasteiger partial charge < -0.3 is 18.9 Å². The standard InChI is InChI=1S/C23H25NO6S2/c1-27-18-8-7-16(13-19(18)28-2)23-17-14-21(30-4)20(29-3)12-15(17)9-10-24(23)32(25,26)22-6-5-11-31-22/h5-8,11-14,23H,9-10H2,1-4H3/t23-/m0/s1. The van der Waals surface area contributed by atoms with Crippen LogP contribution in [0, 0.1) is 0 Å². The van der Waals surface area contributed by atoms with Crippen molar-refractivity contribution in [3.8, 4) is 23.0 Å². The fourth-order valence-electron chi connectivity index (χ4n) is 4.08. The molecule has 4 rings (SSSR count). The molecule has 1 aliphatic rings. The second-order valence-electron chi connectivity index (χ2n) is 7.22. The lowest BCUT2D eigenvalue weighted by molar-refractivity contribution is 0.329. The third kappa shape index (κ3) is 3.80. The number of hydrogen-bond donors (Lipinski definition) is 0. The maximum atomic E-state index is 13.6. The number of hydrogen-bond acceptors (Lipinski definition) is 7. The van der Waals surface area contributed by atoms with Crippen LogP contribution in [0.3, 0.4) is 0 Å². The average Bonchev–Trinajstić information content (AvgIpc) is 3.37. The first-order valence-electron chi connectivity index (χ1n) is 9.96. The predicted octanol–water partition coefficient (Wildman–Crippen LogP) is 4.12. The third-order valence-electron chi connectivity index (χ3n) is 5.61. The van der Waals surface area contributed by atoms with Crippen LogP contribution in [0.2, 0.25) is 0 Å². The number of ether oxygens (including phenoxy) is 4. The quantitative estimate of drug-likeness (QED) is 0.512. The number of nitrogens with zero attached hydrogens (tertiary/aromatic N) is 1. The molecule has 0 fully saturated rings. The smallest absolute Gasteiger partial charge is 0.253 e. The Bertz CT molecular complexity index is 1210. The number of fused-ring (bicyclic) bond motifs is 1. The highest BCUT2D eigenvalue weighted by atomic mass is 32.2. The van der Waals surface area contributed by atoms with E-state index < -0.39 is 16.1 Å². The normalized spacial score (nSPS) is 16.3. The van der Waals surface area contributed by atoms with Crippen LogP contribution in [0.15, 0.2) is 52.1 Å². The zero-order chi connectivity index (χ0) is 22.9. The van der Waals surface area contributed by atoms with Gasteiger partial charge in [-0.05, 0) is 58.8 Å². The molecule has 0 saturated carbocycles. The number of thiophene rings is 1. The van der Waals surface area contributed by atoms with Crippen molar-refractivity contribution in [1.82, 2.24) is 4.31 Å². The molecule has 0 radical (unpaired) electrons. The lowest BCUT2D eigenvalue weighted by Crippen LogP contribution is -2.40. The van der Waals surface area contributed by atoms with Crippen LogP contribution >= 0.6 is 11.3 Å². The van der Waals surface area contributed by atoms with E-state index in [9.17, 15) is 8.42 Å². The second-order valence-corrected chi connectivity index (χ2v) is 10.3.